The molecule has 2 heterocycles. The fraction of sp³-hybridized carbons (Fsp3) is 0.211. The Balaban J connectivity index is 1.40. The summed E-state index contributed by atoms with van der Waals surface area (Å²) in [6.07, 6.45) is 1.84. The first kappa shape index (κ1) is 16.9. The lowest BCUT2D eigenvalue weighted by Crippen LogP contribution is -2.26. The molecule has 8 nitrogen and oxygen atoms in total. The summed E-state index contributed by atoms with van der Waals surface area (Å²) < 4.78 is 3.69. The van der Waals surface area contributed by atoms with E-state index in [1.165, 1.54) is 6.33 Å². The zero-order valence-corrected chi connectivity index (χ0v) is 14.9. The molecule has 0 spiro atoms. The predicted molar refractivity (Wildman–Crippen MR) is 100 cm³/mol. The van der Waals surface area contributed by atoms with E-state index in [0.717, 1.165) is 34.7 Å². The number of rotatable bonds is 6. The topological polar surface area (TPSA) is 90.5 Å². The van der Waals surface area contributed by atoms with Crippen LogP contribution in [0.3, 0.4) is 0 Å². The second kappa shape index (κ2) is 7.36. The van der Waals surface area contributed by atoms with E-state index in [9.17, 15) is 4.79 Å². The van der Waals surface area contributed by atoms with E-state index in [2.05, 4.69) is 37.3 Å². The van der Waals surface area contributed by atoms with Crippen LogP contribution in [0.25, 0.3) is 16.7 Å². The van der Waals surface area contributed by atoms with E-state index in [1.807, 2.05) is 48.5 Å². The third-order valence-electron chi connectivity index (χ3n) is 4.41. The number of tetrazole rings is 1. The first-order valence-corrected chi connectivity index (χ1v) is 8.77. The van der Waals surface area contributed by atoms with Crippen LogP contribution in [0.5, 0.6) is 0 Å². The predicted octanol–water partition coefficient (Wildman–Crippen LogP) is 1.89. The number of nitrogens with zero attached hydrogens (tertiary/aromatic N) is 6. The number of fused-ring (bicyclic) bond motifs is 1. The van der Waals surface area contributed by atoms with Crippen LogP contribution in [0, 0.1) is 0 Å². The highest BCUT2D eigenvalue weighted by atomic mass is 16.1. The average molecular weight is 361 g/mol. The highest BCUT2D eigenvalue weighted by Gasteiger charge is 2.11. The molecule has 4 aromatic rings. The minimum atomic E-state index is -0.0418. The van der Waals surface area contributed by atoms with Gasteiger partial charge in [-0.2, -0.15) is 0 Å². The zero-order chi connectivity index (χ0) is 18.6. The van der Waals surface area contributed by atoms with Crippen LogP contribution < -0.4 is 5.32 Å². The van der Waals surface area contributed by atoms with Crippen LogP contribution in [-0.4, -0.2) is 35.7 Å². The molecule has 0 saturated carbocycles. The lowest BCUT2D eigenvalue weighted by atomic mass is 10.1. The molecule has 0 radical (unpaired) electrons. The first-order valence-electron chi connectivity index (χ1n) is 8.77. The first-order chi connectivity index (χ1) is 13.2. The van der Waals surface area contributed by atoms with Gasteiger partial charge in [0.15, 0.2) is 0 Å². The number of hydrogen-bond donors (Lipinski definition) is 1. The molecule has 136 valence electrons. The van der Waals surface area contributed by atoms with Crippen molar-refractivity contribution in [3.8, 4) is 5.69 Å². The van der Waals surface area contributed by atoms with Gasteiger partial charge in [0.25, 0.3) is 0 Å². The quantitative estimate of drug-likeness (QED) is 0.566. The van der Waals surface area contributed by atoms with Gasteiger partial charge >= 0.3 is 0 Å². The molecule has 0 saturated heterocycles. The van der Waals surface area contributed by atoms with Crippen molar-refractivity contribution in [1.29, 1.82) is 0 Å². The average Bonchev–Trinajstić information content (AvgIpc) is 3.34. The Hall–Kier alpha value is -3.55. The van der Waals surface area contributed by atoms with Crippen LogP contribution >= 0.6 is 0 Å². The second-order valence-corrected chi connectivity index (χ2v) is 6.14. The van der Waals surface area contributed by atoms with Crippen molar-refractivity contribution < 1.29 is 4.79 Å². The van der Waals surface area contributed by atoms with Crippen molar-refractivity contribution >= 4 is 16.9 Å². The van der Waals surface area contributed by atoms with E-state index in [0.29, 0.717) is 13.0 Å². The third kappa shape index (κ3) is 3.55. The number of carbonyl (C=O) groups excluding carboxylic acids is 1. The van der Waals surface area contributed by atoms with Gasteiger partial charge in [0.1, 0.15) is 12.2 Å². The van der Waals surface area contributed by atoms with E-state index < -0.39 is 0 Å². The van der Waals surface area contributed by atoms with Gasteiger partial charge in [-0.15, -0.1) is 5.10 Å². The molecule has 27 heavy (non-hydrogen) atoms. The molecule has 0 fully saturated rings. The summed E-state index contributed by atoms with van der Waals surface area (Å²) in [5.74, 6) is 0.820. The molecule has 4 rings (SSSR count). The maximum atomic E-state index is 12.3. The van der Waals surface area contributed by atoms with Crippen molar-refractivity contribution in [2.45, 2.75) is 26.4 Å². The summed E-state index contributed by atoms with van der Waals surface area (Å²) >= 11 is 0. The van der Waals surface area contributed by atoms with Gasteiger partial charge in [-0.05, 0) is 47.2 Å². The van der Waals surface area contributed by atoms with Gasteiger partial charge in [0.2, 0.25) is 5.91 Å². The van der Waals surface area contributed by atoms with E-state index in [-0.39, 0.29) is 5.91 Å². The number of aromatic nitrogens is 6. The molecule has 0 aliphatic carbocycles. The number of amides is 1. The maximum Gasteiger partial charge on any atom is 0.224 e. The summed E-state index contributed by atoms with van der Waals surface area (Å²) in [6, 6.07) is 15.6. The number of carbonyl (C=O) groups is 1. The maximum absolute atomic E-state index is 12.3. The Morgan fingerprint density at radius 1 is 1.11 bits per heavy atom. The van der Waals surface area contributed by atoms with Gasteiger partial charge in [-0.25, -0.2) is 9.67 Å². The monoisotopic (exact) mass is 361 g/mol. The van der Waals surface area contributed by atoms with Crippen LogP contribution in [-0.2, 0) is 24.3 Å². The third-order valence-corrected chi connectivity index (χ3v) is 4.41. The molecular weight excluding hydrogens is 342 g/mol. The van der Waals surface area contributed by atoms with Crippen LogP contribution in [0.2, 0.25) is 0 Å². The SMILES string of the molecule is CCn1c(CNC(=O)Cc2ccc(-n3cnnn3)cc2)nc2ccccc21. The van der Waals surface area contributed by atoms with Crippen LogP contribution in [0.4, 0.5) is 0 Å². The normalized spacial score (nSPS) is 11.0. The van der Waals surface area contributed by atoms with Crippen LogP contribution in [0.1, 0.15) is 18.3 Å². The largest absolute Gasteiger partial charge is 0.349 e. The van der Waals surface area contributed by atoms with Gasteiger partial charge in [-0.1, -0.05) is 24.3 Å². The molecule has 2 aromatic carbocycles. The number of imidazole rings is 1. The summed E-state index contributed by atoms with van der Waals surface area (Å²) in [4.78, 5) is 17.0. The van der Waals surface area contributed by atoms with Crippen molar-refractivity contribution in [1.82, 2.24) is 35.1 Å². The standard InChI is InChI=1S/C19H19N7O/c1-2-25-17-6-4-3-5-16(17)22-18(25)12-20-19(27)11-14-7-9-15(10-8-14)26-13-21-23-24-26/h3-10,13H,2,11-12H2,1H3,(H,20,27). The number of aryl methyl sites for hydroxylation is 1. The number of hydrogen-bond acceptors (Lipinski definition) is 5. The molecule has 1 amide bonds. The molecular formula is C19H19N7O. The molecule has 0 atom stereocenters. The lowest BCUT2D eigenvalue weighted by Gasteiger charge is -2.08. The van der Waals surface area contributed by atoms with E-state index in [4.69, 9.17) is 0 Å². The van der Waals surface area contributed by atoms with Crippen LogP contribution in [0.15, 0.2) is 54.9 Å². The Bertz CT molecular complexity index is 1050. The Kier molecular flexibility index (Phi) is 4.61. The lowest BCUT2D eigenvalue weighted by molar-refractivity contribution is -0.120. The second-order valence-electron chi connectivity index (χ2n) is 6.14. The highest BCUT2D eigenvalue weighted by molar-refractivity contribution is 5.79. The molecule has 8 heteroatoms. The van der Waals surface area contributed by atoms with Gasteiger partial charge in [-0.3, -0.25) is 4.79 Å². The summed E-state index contributed by atoms with van der Waals surface area (Å²) in [5, 5.41) is 14.0. The smallest absolute Gasteiger partial charge is 0.224 e. The fourth-order valence-electron chi connectivity index (χ4n) is 3.08. The minimum absolute atomic E-state index is 0.0418. The number of para-hydroxylation sites is 2. The van der Waals surface area contributed by atoms with E-state index in [1.54, 1.807) is 4.68 Å². The molecule has 1 N–H and O–H groups in total. The Morgan fingerprint density at radius 2 is 1.93 bits per heavy atom. The summed E-state index contributed by atoms with van der Waals surface area (Å²) in [7, 11) is 0. The van der Waals surface area contributed by atoms with Gasteiger partial charge in [0.05, 0.1) is 29.7 Å². The summed E-state index contributed by atoms with van der Waals surface area (Å²) in [5.41, 5.74) is 3.80. The minimum Gasteiger partial charge on any atom is -0.349 e. The Morgan fingerprint density at radius 3 is 2.67 bits per heavy atom. The fourth-order valence-corrected chi connectivity index (χ4v) is 3.08. The van der Waals surface area contributed by atoms with E-state index >= 15 is 0 Å². The summed E-state index contributed by atoms with van der Waals surface area (Å²) in [6.45, 7) is 3.29. The molecule has 0 unspecified atom stereocenters. The Labute approximate surface area is 155 Å². The number of nitrogens with one attached hydrogen (secondary N) is 1. The van der Waals surface area contributed by atoms with Crippen molar-refractivity contribution in [2.75, 3.05) is 0 Å². The zero-order valence-electron chi connectivity index (χ0n) is 14.9. The number of benzene rings is 2. The van der Waals surface area contributed by atoms with Crippen molar-refractivity contribution in [2.24, 2.45) is 0 Å². The van der Waals surface area contributed by atoms with Crippen molar-refractivity contribution in [3.63, 3.8) is 0 Å². The van der Waals surface area contributed by atoms with Crippen molar-refractivity contribution in [3.05, 3.63) is 66.2 Å². The molecule has 0 bridgehead atoms. The molecule has 0 aliphatic rings. The van der Waals surface area contributed by atoms with Gasteiger partial charge in [0, 0.05) is 6.54 Å². The molecule has 0 aliphatic heterocycles. The van der Waals surface area contributed by atoms with Gasteiger partial charge < -0.3 is 9.88 Å². The molecule has 2 aromatic heterocycles. The highest BCUT2D eigenvalue weighted by Crippen LogP contribution is 2.16.